The lowest BCUT2D eigenvalue weighted by atomic mass is 10.3. The summed E-state index contributed by atoms with van der Waals surface area (Å²) in [6.45, 7) is 2.52. The van der Waals surface area contributed by atoms with E-state index in [2.05, 4.69) is 20.6 Å². The van der Waals surface area contributed by atoms with Crippen LogP contribution in [0.25, 0.3) is 10.2 Å². The minimum Gasteiger partial charge on any atom is -0.494 e. The minimum absolute atomic E-state index is 0.0199. The second-order valence-corrected chi connectivity index (χ2v) is 7.89. The van der Waals surface area contributed by atoms with Crippen molar-refractivity contribution < 1.29 is 14.5 Å². The van der Waals surface area contributed by atoms with E-state index >= 15 is 0 Å². The van der Waals surface area contributed by atoms with E-state index in [1.807, 2.05) is 31.2 Å². The first-order valence-corrected chi connectivity index (χ1v) is 10.5. The molecule has 0 radical (unpaired) electrons. The lowest BCUT2D eigenvalue weighted by Gasteiger charge is -2.05. The summed E-state index contributed by atoms with van der Waals surface area (Å²) < 4.78 is 6.03. The normalized spacial score (nSPS) is 10.7. The van der Waals surface area contributed by atoms with E-state index in [1.54, 1.807) is 11.4 Å². The zero-order valence-corrected chi connectivity index (χ0v) is 17.3. The van der Waals surface area contributed by atoms with Crippen molar-refractivity contribution >= 4 is 60.4 Å². The van der Waals surface area contributed by atoms with Gasteiger partial charge in [0.05, 0.1) is 21.7 Å². The first-order chi connectivity index (χ1) is 14.5. The van der Waals surface area contributed by atoms with Crippen LogP contribution in [0.5, 0.6) is 5.75 Å². The molecule has 0 unspecified atom stereocenters. The molecule has 4 rings (SSSR count). The van der Waals surface area contributed by atoms with E-state index in [4.69, 9.17) is 4.74 Å². The SMILES string of the molecule is CCOc1ccc(Nc2nc(C(=O)Nc3nc4ccc([N+](=O)[O-])cc4s3)cs2)cc1. The number of benzene rings is 2. The molecule has 0 fully saturated rings. The van der Waals surface area contributed by atoms with Crippen molar-refractivity contribution in [3.05, 3.63) is 63.7 Å². The first kappa shape index (κ1) is 19.7. The smallest absolute Gasteiger partial charge is 0.276 e. The van der Waals surface area contributed by atoms with Gasteiger partial charge in [0.25, 0.3) is 11.6 Å². The van der Waals surface area contributed by atoms with E-state index in [9.17, 15) is 14.9 Å². The van der Waals surface area contributed by atoms with Gasteiger partial charge in [-0.1, -0.05) is 11.3 Å². The highest BCUT2D eigenvalue weighted by atomic mass is 32.1. The number of hydrogen-bond donors (Lipinski definition) is 2. The fourth-order valence-corrected chi connectivity index (χ4v) is 4.21. The summed E-state index contributed by atoms with van der Waals surface area (Å²) in [6, 6.07) is 11.8. The molecule has 2 heterocycles. The number of rotatable bonds is 7. The summed E-state index contributed by atoms with van der Waals surface area (Å²) >= 11 is 2.47. The van der Waals surface area contributed by atoms with Crippen molar-refractivity contribution in [2.24, 2.45) is 0 Å². The van der Waals surface area contributed by atoms with Crippen molar-refractivity contribution in [2.75, 3.05) is 17.2 Å². The molecule has 0 aliphatic heterocycles. The number of nitrogens with zero attached hydrogens (tertiary/aromatic N) is 3. The number of carbonyl (C=O) groups is 1. The number of nitro groups is 1. The minimum atomic E-state index is -0.467. The highest BCUT2D eigenvalue weighted by Gasteiger charge is 2.15. The molecule has 4 aromatic rings. The van der Waals surface area contributed by atoms with E-state index in [-0.39, 0.29) is 11.4 Å². The number of aromatic nitrogens is 2. The number of amides is 1. The molecule has 2 N–H and O–H groups in total. The maximum Gasteiger partial charge on any atom is 0.276 e. The average molecular weight is 441 g/mol. The fourth-order valence-electron chi connectivity index (χ4n) is 2.60. The van der Waals surface area contributed by atoms with Crippen LogP contribution in [-0.4, -0.2) is 27.4 Å². The molecule has 1 amide bonds. The lowest BCUT2D eigenvalue weighted by Crippen LogP contribution is -2.12. The van der Waals surface area contributed by atoms with Crippen molar-refractivity contribution in [3.63, 3.8) is 0 Å². The molecule has 152 valence electrons. The Kier molecular flexibility index (Phi) is 5.55. The molecule has 2 aromatic heterocycles. The van der Waals surface area contributed by atoms with Gasteiger partial charge in [0.2, 0.25) is 0 Å². The van der Waals surface area contributed by atoms with Crippen molar-refractivity contribution in [3.8, 4) is 5.75 Å². The number of fused-ring (bicyclic) bond motifs is 1. The van der Waals surface area contributed by atoms with Crippen molar-refractivity contribution in [2.45, 2.75) is 6.92 Å². The van der Waals surface area contributed by atoms with Crippen LogP contribution in [0, 0.1) is 10.1 Å². The molecule has 30 heavy (non-hydrogen) atoms. The van der Waals surface area contributed by atoms with Crippen LogP contribution >= 0.6 is 22.7 Å². The monoisotopic (exact) mass is 441 g/mol. The van der Waals surface area contributed by atoms with Gasteiger partial charge in [0.15, 0.2) is 10.3 Å². The zero-order valence-electron chi connectivity index (χ0n) is 15.6. The molecular formula is C19H15N5O4S2. The molecule has 0 atom stereocenters. The number of hydrogen-bond acceptors (Lipinski definition) is 9. The predicted octanol–water partition coefficient (Wildman–Crippen LogP) is 5.06. The third kappa shape index (κ3) is 4.36. The topological polar surface area (TPSA) is 119 Å². The maximum absolute atomic E-state index is 12.5. The zero-order chi connectivity index (χ0) is 21.1. The molecule has 11 heteroatoms. The average Bonchev–Trinajstić information content (AvgIpc) is 3.35. The Hall–Kier alpha value is -3.57. The van der Waals surface area contributed by atoms with Gasteiger partial charge >= 0.3 is 0 Å². The van der Waals surface area contributed by atoms with Crippen LogP contribution < -0.4 is 15.4 Å². The van der Waals surface area contributed by atoms with Gasteiger partial charge in [0, 0.05) is 23.2 Å². The van der Waals surface area contributed by atoms with Gasteiger partial charge in [-0.25, -0.2) is 9.97 Å². The van der Waals surface area contributed by atoms with Gasteiger partial charge in [-0.3, -0.25) is 20.2 Å². The van der Waals surface area contributed by atoms with E-state index in [0.717, 1.165) is 11.4 Å². The Morgan fingerprint density at radius 1 is 1.17 bits per heavy atom. The standard InChI is InChI=1S/C19H15N5O4S2/c1-2-28-13-6-3-11(4-7-13)20-18-22-15(10-29-18)17(25)23-19-21-14-8-5-12(24(26)27)9-16(14)30-19/h3-10H,2H2,1H3,(H,20,22)(H,21,23,25). The number of nitro benzene ring substituents is 1. The van der Waals surface area contributed by atoms with E-state index in [0.29, 0.717) is 27.1 Å². The molecular weight excluding hydrogens is 426 g/mol. The summed E-state index contributed by atoms with van der Waals surface area (Å²) in [5.41, 5.74) is 1.64. The third-order valence-electron chi connectivity index (χ3n) is 3.96. The number of thiazole rings is 2. The number of carbonyl (C=O) groups excluding carboxylic acids is 1. The first-order valence-electron chi connectivity index (χ1n) is 8.83. The predicted molar refractivity (Wildman–Crippen MR) is 117 cm³/mol. The quantitative estimate of drug-likeness (QED) is 0.304. The van der Waals surface area contributed by atoms with Crippen molar-refractivity contribution in [1.29, 1.82) is 0 Å². The van der Waals surface area contributed by atoms with Crippen LogP contribution in [-0.2, 0) is 0 Å². The van der Waals surface area contributed by atoms with Gasteiger partial charge in [0.1, 0.15) is 11.4 Å². The summed E-state index contributed by atoms with van der Waals surface area (Å²) in [5, 5.41) is 19.3. The van der Waals surface area contributed by atoms with Crippen molar-refractivity contribution in [1.82, 2.24) is 9.97 Å². The van der Waals surface area contributed by atoms with E-state index in [1.165, 1.54) is 34.8 Å². The number of non-ortho nitro benzene ring substituents is 1. The molecule has 0 bridgehead atoms. The summed E-state index contributed by atoms with van der Waals surface area (Å²) in [5.74, 6) is 0.378. The van der Waals surface area contributed by atoms with Crippen LogP contribution in [0.4, 0.5) is 21.6 Å². The Labute approximate surface area is 178 Å². The van der Waals surface area contributed by atoms with Crippen LogP contribution in [0.1, 0.15) is 17.4 Å². The molecule has 9 nitrogen and oxygen atoms in total. The second-order valence-electron chi connectivity index (χ2n) is 6.00. The highest BCUT2D eigenvalue weighted by molar-refractivity contribution is 7.22. The highest BCUT2D eigenvalue weighted by Crippen LogP contribution is 2.30. The summed E-state index contributed by atoms with van der Waals surface area (Å²) in [7, 11) is 0. The third-order valence-corrected chi connectivity index (χ3v) is 5.65. The second kappa shape index (κ2) is 8.43. The Morgan fingerprint density at radius 2 is 1.97 bits per heavy atom. The Bertz CT molecular complexity index is 1220. The van der Waals surface area contributed by atoms with Gasteiger partial charge < -0.3 is 10.1 Å². The van der Waals surface area contributed by atoms with Crippen LogP contribution in [0.15, 0.2) is 47.8 Å². The molecule has 0 aliphatic rings. The Morgan fingerprint density at radius 3 is 2.70 bits per heavy atom. The molecule has 0 saturated heterocycles. The summed E-state index contributed by atoms with van der Waals surface area (Å²) in [4.78, 5) is 31.5. The van der Waals surface area contributed by atoms with Gasteiger partial charge in [-0.05, 0) is 37.3 Å². The summed E-state index contributed by atoms with van der Waals surface area (Å²) in [6.07, 6.45) is 0. The number of anilines is 3. The molecule has 0 spiro atoms. The van der Waals surface area contributed by atoms with Crippen LogP contribution in [0.3, 0.4) is 0 Å². The number of nitrogens with one attached hydrogen (secondary N) is 2. The fraction of sp³-hybridized carbons (Fsp3) is 0.105. The van der Waals surface area contributed by atoms with Crippen LogP contribution in [0.2, 0.25) is 0 Å². The largest absolute Gasteiger partial charge is 0.494 e. The van der Waals surface area contributed by atoms with Gasteiger partial charge in [-0.2, -0.15) is 0 Å². The maximum atomic E-state index is 12.5. The molecule has 0 aliphatic carbocycles. The molecule has 0 saturated carbocycles. The van der Waals surface area contributed by atoms with E-state index < -0.39 is 10.8 Å². The molecule has 2 aromatic carbocycles. The number of ether oxygens (including phenoxy) is 1. The lowest BCUT2D eigenvalue weighted by molar-refractivity contribution is -0.384. The van der Waals surface area contributed by atoms with Gasteiger partial charge in [-0.15, -0.1) is 11.3 Å². The Balaban J connectivity index is 1.43.